The number of anilines is 1. The predicted octanol–water partition coefficient (Wildman–Crippen LogP) is 4.57. The zero-order valence-corrected chi connectivity index (χ0v) is 18.2. The molecule has 0 N–H and O–H groups in total. The van der Waals surface area contributed by atoms with Gasteiger partial charge in [-0.2, -0.15) is 10.1 Å². The van der Waals surface area contributed by atoms with Gasteiger partial charge in [0, 0.05) is 5.56 Å². The van der Waals surface area contributed by atoms with E-state index < -0.39 is 22.7 Å². The molecule has 2 aromatic heterocycles. The van der Waals surface area contributed by atoms with Gasteiger partial charge in [-0.3, -0.25) is 14.9 Å². The predicted molar refractivity (Wildman–Crippen MR) is 122 cm³/mol. The molecule has 2 heterocycles. The fraction of sp³-hybridized carbons (Fsp3) is 0.0909. The molecule has 0 spiro atoms. The summed E-state index contributed by atoms with van der Waals surface area (Å²) in [4.78, 5) is 39.7. The fourth-order valence-electron chi connectivity index (χ4n) is 2.91. The molecule has 0 radical (unpaired) electrons. The van der Waals surface area contributed by atoms with Crippen LogP contribution in [0.4, 0.5) is 11.0 Å². The minimum absolute atomic E-state index is 0.0949. The number of aromatic nitrogens is 1. The molecular formula is C22H16N4O6S. The van der Waals surface area contributed by atoms with E-state index in [1.165, 1.54) is 61.1 Å². The number of hydrogen-bond donors (Lipinski definition) is 0. The Labute approximate surface area is 190 Å². The number of amides is 1. The van der Waals surface area contributed by atoms with E-state index in [0.717, 1.165) is 15.3 Å². The maximum atomic E-state index is 13.3. The number of esters is 1. The van der Waals surface area contributed by atoms with Crippen LogP contribution in [0.2, 0.25) is 0 Å². The number of aryl methyl sites for hydroxylation is 1. The number of hydrazone groups is 1. The van der Waals surface area contributed by atoms with E-state index in [1.807, 2.05) is 25.1 Å². The number of hydrogen-bond acceptors (Lipinski definition) is 9. The lowest BCUT2D eigenvalue weighted by molar-refractivity contribution is -0.402. The molecule has 0 atom stereocenters. The van der Waals surface area contributed by atoms with Gasteiger partial charge in [0.15, 0.2) is 5.76 Å². The van der Waals surface area contributed by atoms with Gasteiger partial charge in [0.05, 0.1) is 35.2 Å². The highest BCUT2D eigenvalue weighted by Gasteiger charge is 2.22. The molecule has 0 saturated carbocycles. The van der Waals surface area contributed by atoms with Crippen molar-refractivity contribution in [2.45, 2.75) is 6.92 Å². The van der Waals surface area contributed by atoms with E-state index >= 15 is 0 Å². The number of rotatable bonds is 6. The molecule has 2 aromatic carbocycles. The van der Waals surface area contributed by atoms with Gasteiger partial charge < -0.3 is 9.15 Å². The number of methoxy groups -OCH3 is 1. The van der Waals surface area contributed by atoms with Crippen molar-refractivity contribution in [2.24, 2.45) is 5.10 Å². The van der Waals surface area contributed by atoms with Gasteiger partial charge in [-0.05, 0) is 55.0 Å². The summed E-state index contributed by atoms with van der Waals surface area (Å²) in [6.07, 6.45) is 1.20. The smallest absolute Gasteiger partial charge is 0.433 e. The third-order valence-corrected chi connectivity index (χ3v) is 5.55. The summed E-state index contributed by atoms with van der Waals surface area (Å²) in [5, 5.41) is 16.4. The molecule has 0 saturated heterocycles. The van der Waals surface area contributed by atoms with Gasteiger partial charge in [-0.1, -0.05) is 17.4 Å². The van der Waals surface area contributed by atoms with Crippen LogP contribution in [-0.4, -0.2) is 35.1 Å². The number of benzene rings is 2. The summed E-state index contributed by atoms with van der Waals surface area (Å²) < 4.78 is 10.6. The maximum Gasteiger partial charge on any atom is 0.433 e. The molecule has 0 fully saturated rings. The summed E-state index contributed by atoms with van der Waals surface area (Å²) >= 11 is 1.27. The maximum absolute atomic E-state index is 13.3. The Balaban J connectivity index is 1.72. The Morgan fingerprint density at radius 1 is 1.15 bits per heavy atom. The molecule has 1 amide bonds. The molecule has 0 aliphatic carbocycles. The van der Waals surface area contributed by atoms with Crippen molar-refractivity contribution in [1.82, 2.24) is 4.98 Å². The van der Waals surface area contributed by atoms with Gasteiger partial charge in [-0.15, -0.1) is 0 Å². The molecule has 0 aliphatic rings. The van der Waals surface area contributed by atoms with Crippen LogP contribution >= 0.6 is 11.3 Å². The van der Waals surface area contributed by atoms with Crippen molar-refractivity contribution >= 4 is 50.7 Å². The second kappa shape index (κ2) is 9.01. The van der Waals surface area contributed by atoms with Crippen LogP contribution < -0.4 is 5.01 Å². The minimum atomic E-state index is -0.668. The SMILES string of the molecule is COC(=O)c1ccc(C(=O)N(/N=C/c2ccc([N+](=O)[O-])o2)c2nc3ccc(C)cc3s2)cc1. The largest absolute Gasteiger partial charge is 0.465 e. The summed E-state index contributed by atoms with van der Waals surface area (Å²) in [6.45, 7) is 1.95. The lowest BCUT2D eigenvalue weighted by atomic mass is 10.1. The van der Waals surface area contributed by atoms with Crippen LogP contribution in [0.1, 0.15) is 32.0 Å². The molecule has 0 aliphatic heterocycles. The molecule has 166 valence electrons. The number of fused-ring (bicyclic) bond motifs is 1. The highest BCUT2D eigenvalue weighted by Crippen LogP contribution is 2.31. The van der Waals surface area contributed by atoms with Crippen molar-refractivity contribution in [3.05, 3.63) is 87.2 Å². The number of carbonyl (C=O) groups excluding carboxylic acids is 2. The lowest BCUT2D eigenvalue weighted by Gasteiger charge is -2.13. The normalized spacial score (nSPS) is 11.1. The molecule has 33 heavy (non-hydrogen) atoms. The van der Waals surface area contributed by atoms with Crippen molar-refractivity contribution in [2.75, 3.05) is 12.1 Å². The van der Waals surface area contributed by atoms with Gasteiger partial charge in [0.25, 0.3) is 5.91 Å². The number of ether oxygens (including phenoxy) is 1. The van der Waals surface area contributed by atoms with E-state index in [2.05, 4.69) is 14.8 Å². The van der Waals surface area contributed by atoms with Crippen molar-refractivity contribution < 1.29 is 23.7 Å². The summed E-state index contributed by atoms with van der Waals surface area (Å²) in [6, 6.07) is 14.2. The number of nitrogens with zero attached hydrogens (tertiary/aromatic N) is 4. The number of nitro groups is 1. The standard InChI is InChI=1S/C22H16N4O6S/c1-13-3-9-17-18(11-13)33-22(24-17)25(23-12-16-8-10-19(32-16)26(29)30)20(27)14-4-6-15(7-5-14)21(28)31-2/h3-12H,1-2H3/b23-12+. The zero-order chi connectivity index (χ0) is 23.5. The summed E-state index contributed by atoms with van der Waals surface area (Å²) in [7, 11) is 1.27. The van der Waals surface area contributed by atoms with Gasteiger partial charge in [0.1, 0.15) is 4.92 Å². The molecule has 4 aromatic rings. The molecule has 10 nitrogen and oxygen atoms in total. The third-order valence-electron chi connectivity index (χ3n) is 4.55. The second-order valence-corrected chi connectivity index (χ2v) is 7.84. The van der Waals surface area contributed by atoms with Crippen LogP contribution in [0.5, 0.6) is 0 Å². The first-order valence-corrected chi connectivity index (χ1v) is 10.4. The molecule has 4 rings (SSSR count). The first-order chi connectivity index (χ1) is 15.9. The van der Waals surface area contributed by atoms with Crippen molar-refractivity contribution in [1.29, 1.82) is 0 Å². The second-order valence-electron chi connectivity index (χ2n) is 6.83. The molecule has 0 unspecified atom stereocenters. The average molecular weight is 464 g/mol. The Hall–Kier alpha value is -4.38. The first kappa shape index (κ1) is 21.8. The fourth-order valence-corrected chi connectivity index (χ4v) is 3.93. The van der Waals surface area contributed by atoms with Crippen LogP contribution in [0, 0.1) is 17.0 Å². The first-order valence-electron chi connectivity index (χ1n) is 9.54. The Morgan fingerprint density at radius 3 is 2.55 bits per heavy atom. The Bertz CT molecular complexity index is 1390. The number of carbonyl (C=O) groups is 2. The minimum Gasteiger partial charge on any atom is -0.465 e. The Morgan fingerprint density at radius 2 is 1.88 bits per heavy atom. The van der Waals surface area contributed by atoms with E-state index in [9.17, 15) is 19.7 Å². The van der Waals surface area contributed by atoms with Gasteiger partial charge in [0.2, 0.25) is 5.13 Å². The zero-order valence-electron chi connectivity index (χ0n) is 17.4. The highest BCUT2D eigenvalue weighted by molar-refractivity contribution is 7.22. The summed E-state index contributed by atoms with van der Waals surface area (Å²) in [5.74, 6) is -1.38. The topological polar surface area (TPSA) is 128 Å². The van der Waals surface area contributed by atoms with Gasteiger partial charge in [-0.25, -0.2) is 9.78 Å². The number of furan rings is 1. The highest BCUT2D eigenvalue weighted by atomic mass is 32.1. The Kier molecular flexibility index (Phi) is 5.96. The lowest BCUT2D eigenvalue weighted by Crippen LogP contribution is -2.25. The number of thiazole rings is 1. The molecule has 0 bridgehead atoms. The average Bonchev–Trinajstić information content (AvgIpc) is 3.45. The van der Waals surface area contributed by atoms with E-state index in [0.29, 0.717) is 16.2 Å². The van der Waals surface area contributed by atoms with Crippen LogP contribution in [0.25, 0.3) is 10.2 Å². The van der Waals surface area contributed by atoms with Crippen molar-refractivity contribution in [3.8, 4) is 0 Å². The van der Waals surface area contributed by atoms with Crippen LogP contribution in [0.15, 0.2) is 64.1 Å². The third kappa shape index (κ3) is 4.62. The quantitative estimate of drug-likeness (QED) is 0.177. The summed E-state index contributed by atoms with van der Waals surface area (Å²) in [5.41, 5.74) is 2.28. The monoisotopic (exact) mass is 464 g/mol. The molecular weight excluding hydrogens is 448 g/mol. The van der Waals surface area contributed by atoms with Crippen LogP contribution in [-0.2, 0) is 4.74 Å². The molecule has 11 heteroatoms. The van der Waals surface area contributed by atoms with E-state index in [1.54, 1.807) is 0 Å². The van der Waals surface area contributed by atoms with E-state index in [4.69, 9.17) is 4.42 Å². The van der Waals surface area contributed by atoms with E-state index in [-0.39, 0.29) is 11.3 Å². The van der Waals surface area contributed by atoms with Gasteiger partial charge >= 0.3 is 11.9 Å². The van der Waals surface area contributed by atoms with Crippen molar-refractivity contribution in [3.63, 3.8) is 0 Å². The van der Waals surface area contributed by atoms with Crippen LogP contribution in [0.3, 0.4) is 0 Å².